The van der Waals surface area contributed by atoms with Crippen molar-refractivity contribution in [3.63, 3.8) is 0 Å². The predicted octanol–water partition coefficient (Wildman–Crippen LogP) is 4.17. The Kier molecular flexibility index (Phi) is 6.41. The summed E-state index contributed by atoms with van der Waals surface area (Å²) < 4.78 is 29.6. The predicted molar refractivity (Wildman–Crippen MR) is 131 cm³/mol. The summed E-state index contributed by atoms with van der Waals surface area (Å²) in [5.74, 6) is -0.545. The quantitative estimate of drug-likeness (QED) is 0.369. The van der Waals surface area contributed by atoms with Gasteiger partial charge in [-0.1, -0.05) is 76.7 Å². The normalized spacial score (nSPS) is 12.2. The SMILES string of the molecule is C[Si](C)(C[Si](Cn1cncn1)(c1ccc(F)cc1)c1ccc(F)cc1)c1ccc(Cl)cc1. The van der Waals surface area contributed by atoms with Gasteiger partial charge in [0.2, 0.25) is 0 Å². The monoisotopic (exact) mass is 483 g/mol. The van der Waals surface area contributed by atoms with Crippen molar-refractivity contribution in [2.24, 2.45) is 0 Å². The third kappa shape index (κ3) is 4.74. The first-order chi connectivity index (χ1) is 15.3. The molecule has 0 aliphatic heterocycles. The summed E-state index contributed by atoms with van der Waals surface area (Å²) >= 11 is 6.15. The summed E-state index contributed by atoms with van der Waals surface area (Å²) in [5.41, 5.74) is 0.929. The number of rotatable bonds is 7. The van der Waals surface area contributed by atoms with Gasteiger partial charge in [0.05, 0.1) is 8.07 Å². The van der Waals surface area contributed by atoms with Crippen LogP contribution in [-0.2, 0) is 6.17 Å². The fourth-order valence-corrected chi connectivity index (χ4v) is 17.6. The zero-order valence-electron chi connectivity index (χ0n) is 18.0. The van der Waals surface area contributed by atoms with Crippen LogP contribution in [0.15, 0.2) is 85.5 Å². The van der Waals surface area contributed by atoms with Crippen LogP contribution in [0.25, 0.3) is 0 Å². The minimum absolute atomic E-state index is 0.272. The molecule has 0 radical (unpaired) electrons. The van der Waals surface area contributed by atoms with E-state index in [9.17, 15) is 8.78 Å². The van der Waals surface area contributed by atoms with E-state index >= 15 is 0 Å². The third-order valence-electron chi connectivity index (χ3n) is 6.06. The molecule has 0 fully saturated rings. The molecule has 1 heterocycles. The molecule has 0 aliphatic rings. The van der Waals surface area contributed by atoms with Crippen LogP contribution in [0.3, 0.4) is 0 Å². The summed E-state index contributed by atoms with van der Waals surface area (Å²) in [7, 11) is -4.58. The molecule has 0 saturated carbocycles. The molecule has 0 bridgehead atoms. The van der Waals surface area contributed by atoms with Crippen LogP contribution in [-0.4, -0.2) is 30.9 Å². The molecular formula is C24H24ClF2N3Si2. The van der Waals surface area contributed by atoms with Crippen LogP contribution in [0, 0.1) is 11.6 Å². The van der Waals surface area contributed by atoms with E-state index in [4.69, 9.17) is 11.6 Å². The van der Waals surface area contributed by atoms with Crippen LogP contribution in [0.4, 0.5) is 8.78 Å². The molecule has 0 spiro atoms. The summed E-state index contributed by atoms with van der Waals surface area (Å²) in [6.07, 6.45) is 3.87. The minimum Gasteiger partial charge on any atom is -0.255 e. The van der Waals surface area contributed by atoms with E-state index in [1.54, 1.807) is 6.33 Å². The molecule has 3 aromatic carbocycles. The average molecular weight is 484 g/mol. The minimum atomic E-state index is -2.57. The Hall–Kier alpha value is -2.62. The van der Waals surface area contributed by atoms with Gasteiger partial charge >= 0.3 is 0 Å². The van der Waals surface area contributed by atoms with Crippen molar-refractivity contribution in [3.05, 3.63) is 102 Å². The van der Waals surface area contributed by atoms with Crippen molar-refractivity contribution in [1.29, 1.82) is 0 Å². The van der Waals surface area contributed by atoms with E-state index in [2.05, 4.69) is 35.3 Å². The summed E-state index contributed by atoms with van der Waals surface area (Å²) in [6, 6.07) is 21.7. The lowest BCUT2D eigenvalue weighted by Crippen LogP contribution is -2.66. The fourth-order valence-electron chi connectivity index (χ4n) is 4.50. The van der Waals surface area contributed by atoms with Gasteiger partial charge in [0.15, 0.2) is 0 Å². The van der Waals surface area contributed by atoms with Gasteiger partial charge in [-0.25, -0.2) is 13.8 Å². The highest BCUT2D eigenvalue weighted by Crippen LogP contribution is 2.23. The Labute approximate surface area is 193 Å². The van der Waals surface area contributed by atoms with E-state index in [1.165, 1.54) is 35.8 Å². The van der Waals surface area contributed by atoms with Gasteiger partial charge < -0.3 is 0 Å². The third-order valence-corrected chi connectivity index (χ3v) is 17.9. The van der Waals surface area contributed by atoms with Crippen molar-refractivity contribution >= 4 is 43.3 Å². The maximum atomic E-state index is 13.9. The van der Waals surface area contributed by atoms with E-state index in [-0.39, 0.29) is 11.6 Å². The van der Waals surface area contributed by atoms with E-state index in [1.807, 2.05) is 41.1 Å². The zero-order chi connectivity index (χ0) is 22.8. The van der Waals surface area contributed by atoms with Crippen LogP contribution >= 0.6 is 11.6 Å². The highest BCUT2D eigenvalue weighted by atomic mass is 35.5. The number of hydrogen-bond acceptors (Lipinski definition) is 2. The first-order valence-corrected chi connectivity index (χ1v) is 16.4. The first kappa shape index (κ1) is 22.6. The fraction of sp³-hybridized carbons (Fsp3) is 0.167. The van der Waals surface area contributed by atoms with Gasteiger partial charge in [-0.15, -0.1) is 0 Å². The van der Waals surface area contributed by atoms with E-state index in [0.29, 0.717) is 11.2 Å². The van der Waals surface area contributed by atoms with E-state index in [0.717, 1.165) is 16.0 Å². The molecule has 1 aromatic heterocycles. The number of aromatic nitrogens is 3. The van der Waals surface area contributed by atoms with Crippen LogP contribution in [0.2, 0.25) is 23.8 Å². The summed E-state index contributed by atoms with van der Waals surface area (Å²) in [6.45, 7) is 4.68. The van der Waals surface area contributed by atoms with Crippen molar-refractivity contribution < 1.29 is 8.78 Å². The maximum absolute atomic E-state index is 13.9. The Morgan fingerprint density at radius 3 is 1.75 bits per heavy atom. The molecule has 0 unspecified atom stereocenters. The molecule has 164 valence electrons. The molecule has 0 aliphatic carbocycles. The Bertz CT molecular complexity index is 1120. The van der Waals surface area contributed by atoms with E-state index < -0.39 is 16.1 Å². The number of nitrogens with zero attached hydrogens (tertiary/aromatic N) is 3. The molecule has 32 heavy (non-hydrogen) atoms. The molecule has 8 heteroatoms. The molecule has 0 atom stereocenters. The topological polar surface area (TPSA) is 30.7 Å². The first-order valence-electron chi connectivity index (χ1n) is 10.4. The summed E-state index contributed by atoms with van der Waals surface area (Å²) in [5, 5.41) is 8.58. The molecule has 0 amide bonds. The summed E-state index contributed by atoms with van der Waals surface area (Å²) in [4.78, 5) is 4.14. The zero-order valence-corrected chi connectivity index (χ0v) is 20.7. The molecule has 3 nitrogen and oxygen atoms in total. The molecule has 0 saturated heterocycles. The lowest BCUT2D eigenvalue weighted by atomic mass is 10.3. The Morgan fingerprint density at radius 1 is 0.781 bits per heavy atom. The molecule has 0 N–H and O–H groups in total. The van der Waals surface area contributed by atoms with Gasteiger partial charge in [-0.2, -0.15) is 5.10 Å². The van der Waals surface area contributed by atoms with Crippen molar-refractivity contribution in [2.45, 2.75) is 24.9 Å². The standard InChI is InChI=1S/C24H24ClF2N3Si2/c1-31(2,22-9-3-19(25)4-10-22)18-32(17-30-16-28-15-29-30,23-11-5-20(26)6-12-23)24-13-7-21(27)8-14-24/h3-16H,17-18H2,1-2H3. The maximum Gasteiger partial charge on any atom is 0.138 e. The second-order valence-corrected chi connectivity index (χ2v) is 18.6. The number of hydrogen-bond donors (Lipinski definition) is 0. The van der Waals surface area contributed by atoms with Crippen LogP contribution in [0.1, 0.15) is 0 Å². The molecule has 4 rings (SSSR count). The van der Waals surface area contributed by atoms with Gasteiger partial charge in [-0.3, -0.25) is 4.68 Å². The molecule has 4 aromatic rings. The highest BCUT2D eigenvalue weighted by molar-refractivity contribution is 7.12. The Balaban J connectivity index is 1.91. The van der Waals surface area contributed by atoms with Gasteiger partial charge in [0.1, 0.15) is 32.4 Å². The second kappa shape index (κ2) is 9.09. The van der Waals surface area contributed by atoms with Crippen molar-refractivity contribution in [2.75, 3.05) is 0 Å². The molecular weight excluding hydrogens is 460 g/mol. The number of benzene rings is 3. The average Bonchev–Trinajstić information content (AvgIpc) is 3.27. The van der Waals surface area contributed by atoms with Crippen LogP contribution in [0.5, 0.6) is 0 Å². The Morgan fingerprint density at radius 2 is 1.28 bits per heavy atom. The van der Waals surface area contributed by atoms with Crippen molar-refractivity contribution in [3.8, 4) is 0 Å². The van der Waals surface area contributed by atoms with Gasteiger partial charge in [0.25, 0.3) is 0 Å². The van der Waals surface area contributed by atoms with Crippen molar-refractivity contribution in [1.82, 2.24) is 14.8 Å². The highest BCUT2D eigenvalue weighted by Gasteiger charge is 2.44. The smallest absolute Gasteiger partial charge is 0.138 e. The number of halogens is 3. The van der Waals surface area contributed by atoms with Gasteiger partial charge in [0, 0.05) is 11.2 Å². The lowest BCUT2D eigenvalue weighted by Gasteiger charge is -2.39. The van der Waals surface area contributed by atoms with Gasteiger partial charge in [-0.05, 0) is 42.1 Å². The van der Waals surface area contributed by atoms with Crippen LogP contribution < -0.4 is 15.6 Å². The lowest BCUT2D eigenvalue weighted by molar-refractivity contribution is 0.628. The second-order valence-electron chi connectivity index (χ2n) is 8.76. The largest absolute Gasteiger partial charge is 0.255 e.